The number of thioether (sulfide) groups is 1. The zero-order valence-corrected chi connectivity index (χ0v) is 18.5. The van der Waals surface area contributed by atoms with Gasteiger partial charge in [-0.05, 0) is 50.2 Å². The van der Waals surface area contributed by atoms with Crippen molar-refractivity contribution in [2.75, 3.05) is 16.4 Å². The Kier molecular flexibility index (Phi) is 7.16. The summed E-state index contributed by atoms with van der Waals surface area (Å²) in [6.45, 7) is 4.71. The molecule has 0 spiro atoms. The standard InChI is InChI=1S/C22H21N5O4S/c1-12-4-9-18(23-14(3)29)17(10-12)20-21(31)25-22(27-26-20)32-11-19(30)24-16-7-5-15(6-8-16)13(2)28/h4-10H,11H2,1-3H3,(H,23,29)(H,24,30)(H,25,27,31). The largest absolute Gasteiger partial charge is 0.326 e. The summed E-state index contributed by atoms with van der Waals surface area (Å²) in [5.74, 6) is -0.628. The molecule has 1 heterocycles. The number of anilines is 2. The number of hydrogen-bond acceptors (Lipinski definition) is 7. The molecular weight excluding hydrogens is 430 g/mol. The minimum absolute atomic E-state index is 0.0000135. The van der Waals surface area contributed by atoms with E-state index >= 15 is 0 Å². The summed E-state index contributed by atoms with van der Waals surface area (Å²) >= 11 is 1.03. The Labute approximate surface area is 188 Å². The van der Waals surface area contributed by atoms with Crippen LogP contribution in [0.25, 0.3) is 11.3 Å². The molecule has 0 atom stereocenters. The molecule has 164 valence electrons. The number of amides is 2. The van der Waals surface area contributed by atoms with E-state index in [-0.39, 0.29) is 34.2 Å². The van der Waals surface area contributed by atoms with Crippen molar-refractivity contribution < 1.29 is 14.4 Å². The van der Waals surface area contributed by atoms with Crippen LogP contribution in [0.3, 0.4) is 0 Å². The lowest BCUT2D eigenvalue weighted by molar-refractivity contribution is -0.114. The van der Waals surface area contributed by atoms with Crippen LogP contribution in [-0.2, 0) is 9.59 Å². The lowest BCUT2D eigenvalue weighted by atomic mass is 10.1. The summed E-state index contributed by atoms with van der Waals surface area (Å²) in [6, 6.07) is 11.8. The van der Waals surface area contributed by atoms with Gasteiger partial charge in [-0.25, -0.2) is 0 Å². The first kappa shape index (κ1) is 22.9. The number of aromatic amines is 1. The van der Waals surface area contributed by atoms with Crippen molar-refractivity contribution in [2.24, 2.45) is 0 Å². The van der Waals surface area contributed by atoms with E-state index in [1.807, 2.05) is 13.0 Å². The predicted molar refractivity (Wildman–Crippen MR) is 123 cm³/mol. The average Bonchev–Trinajstić information content (AvgIpc) is 2.74. The Balaban J connectivity index is 1.69. The number of ketones is 1. The van der Waals surface area contributed by atoms with Crippen LogP contribution in [0.15, 0.2) is 52.4 Å². The summed E-state index contributed by atoms with van der Waals surface area (Å²) in [5.41, 5.74) is 2.50. The number of benzene rings is 2. The Hall–Kier alpha value is -3.79. The maximum atomic E-state index is 12.6. The molecule has 2 amide bonds. The molecule has 0 saturated heterocycles. The lowest BCUT2D eigenvalue weighted by Crippen LogP contribution is -2.18. The molecule has 2 aromatic carbocycles. The fourth-order valence-electron chi connectivity index (χ4n) is 2.84. The van der Waals surface area contributed by atoms with Crippen molar-refractivity contribution >= 4 is 40.7 Å². The van der Waals surface area contributed by atoms with Crippen LogP contribution in [0.2, 0.25) is 0 Å². The van der Waals surface area contributed by atoms with Crippen molar-refractivity contribution in [3.8, 4) is 11.3 Å². The zero-order valence-electron chi connectivity index (χ0n) is 17.7. The lowest BCUT2D eigenvalue weighted by Gasteiger charge is -2.10. The van der Waals surface area contributed by atoms with Gasteiger partial charge in [-0.15, -0.1) is 10.2 Å². The van der Waals surface area contributed by atoms with E-state index in [9.17, 15) is 19.2 Å². The van der Waals surface area contributed by atoms with Crippen LogP contribution in [0.4, 0.5) is 11.4 Å². The summed E-state index contributed by atoms with van der Waals surface area (Å²) in [5, 5.41) is 13.6. The van der Waals surface area contributed by atoms with Crippen LogP contribution in [0.1, 0.15) is 29.8 Å². The number of hydrogen-bond donors (Lipinski definition) is 3. The molecule has 0 aliphatic rings. The molecule has 3 rings (SSSR count). The van der Waals surface area contributed by atoms with Gasteiger partial charge in [0, 0.05) is 23.7 Å². The van der Waals surface area contributed by atoms with Gasteiger partial charge in [0.1, 0.15) is 0 Å². The first-order valence-corrected chi connectivity index (χ1v) is 10.6. The maximum Gasteiger partial charge on any atom is 0.278 e. The van der Waals surface area contributed by atoms with Crippen molar-refractivity contribution in [3.05, 3.63) is 63.9 Å². The number of Topliss-reactive ketones (excluding diaryl/α,β-unsaturated/α-hetero) is 1. The van der Waals surface area contributed by atoms with E-state index in [4.69, 9.17) is 0 Å². The number of carbonyl (C=O) groups is 3. The van der Waals surface area contributed by atoms with Crippen molar-refractivity contribution in [3.63, 3.8) is 0 Å². The van der Waals surface area contributed by atoms with E-state index in [0.717, 1.165) is 17.3 Å². The number of nitrogens with one attached hydrogen (secondary N) is 3. The van der Waals surface area contributed by atoms with Gasteiger partial charge in [-0.3, -0.25) is 24.2 Å². The molecule has 1 aromatic heterocycles. The second kappa shape index (κ2) is 10.0. The Morgan fingerprint density at radius 2 is 1.72 bits per heavy atom. The number of carbonyl (C=O) groups excluding carboxylic acids is 3. The van der Waals surface area contributed by atoms with E-state index in [1.54, 1.807) is 36.4 Å². The highest BCUT2D eigenvalue weighted by Crippen LogP contribution is 2.25. The highest BCUT2D eigenvalue weighted by molar-refractivity contribution is 7.99. The minimum atomic E-state index is -0.486. The molecule has 0 aliphatic heterocycles. The molecule has 0 radical (unpaired) electrons. The Morgan fingerprint density at radius 3 is 2.34 bits per heavy atom. The number of H-pyrrole nitrogens is 1. The van der Waals surface area contributed by atoms with Crippen LogP contribution in [0.5, 0.6) is 0 Å². The number of aromatic nitrogens is 3. The van der Waals surface area contributed by atoms with Crippen LogP contribution >= 0.6 is 11.8 Å². The molecule has 0 saturated carbocycles. The highest BCUT2D eigenvalue weighted by atomic mass is 32.2. The Morgan fingerprint density at radius 1 is 1.00 bits per heavy atom. The molecule has 3 N–H and O–H groups in total. The summed E-state index contributed by atoms with van der Waals surface area (Å²) in [4.78, 5) is 50.2. The molecular formula is C22H21N5O4S. The summed E-state index contributed by atoms with van der Waals surface area (Å²) in [7, 11) is 0. The molecule has 9 nitrogen and oxygen atoms in total. The van der Waals surface area contributed by atoms with Gasteiger partial charge in [-0.1, -0.05) is 23.4 Å². The van der Waals surface area contributed by atoms with Gasteiger partial charge >= 0.3 is 0 Å². The number of nitrogens with zero attached hydrogens (tertiary/aromatic N) is 2. The van der Waals surface area contributed by atoms with Gasteiger partial charge in [0.2, 0.25) is 11.8 Å². The summed E-state index contributed by atoms with van der Waals surface area (Å²) in [6.07, 6.45) is 0. The van der Waals surface area contributed by atoms with Gasteiger partial charge in [0.05, 0.1) is 11.4 Å². The minimum Gasteiger partial charge on any atom is -0.326 e. The maximum absolute atomic E-state index is 12.6. The van der Waals surface area contributed by atoms with Crippen molar-refractivity contribution in [1.29, 1.82) is 0 Å². The molecule has 10 heteroatoms. The third kappa shape index (κ3) is 5.88. The average molecular weight is 452 g/mol. The molecule has 0 unspecified atom stereocenters. The van der Waals surface area contributed by atoms with E-state index in [2.05, 4.69) is 25.8 Å². The van der Waals surface area contributed by atoms with Gasteiger partial charge in [0.25, 0.3) is 5.56 Å². The number of aryl methyl sites for hydroxylation is 1. The molecule has 0 bridgehead atoms. The van der Waals surface area contributed by atoms with Crippen molar-refractivity contribution in [2.45, 2.75) is 25.9 Å². The van der Waals surface area contributed by atoms with Gasteiger partial charge in [-0.2, -0.15) is 0 Å². The fourth-order valence-corrected chi connectivity index (χ4v) is 3.44. The smallest absolute Gasteiger partial charge is 0.278 e. The topological polar surface area (TPSA) is 134 Å². The second-order valence-electron chi connectivity index (χ2n) is 7.01. The third-order valence-electron chi connectivity index (χ3n) is 4.33. The summed E-state index contributed by atoms with van der Waals surface area (Å²) < 4.78 is 0. The molecule has 32 heavy (non-hydrogen) atoms. The SMILES string of the molecule is CC(=O)Nc1ccc(C)cc1-c1nnc(SCC(=O)Nc2ccc(C(C)=O)cc2)[nH]c1=O. The number of rotatable bonds is 7. The van der Waals surface area contributed by atoms with E-state index < -0.39 is 5.56 Å². The van der Waals surface area contributed by atoms with Crippen molar-refractivity contribution in [1.82, 2.24) is 15.2 Å². The first-order chi connectivity index (χ1) is 15.2. The van der Waals surface area contributed by atoms with Gasteiger partial charge in [0.15, 0.2) is 16.6 Å². The third-order valence-corrected chi connectivity index (χ3v) is 5.20. The Bertz CT molecular complexity index is 1240. The zero-order chi connectivity index (χ0) is 23.3. The van der Waals surface area contributed by atoms with Crippen LogP contribution in [0, 0.1) is 6.92 Å². The molecule has 0 aliphatic carbocycles. The van der Waals surface area contributed by atoms with Crippen LogP contribution in [-0.4, -0.2) is 38.5 Å². The molecule has 0 fully saturated rings. The quantitative estimate of drug-likeness (QED) is 0.371. The van der Waals surface area contributed by atoms with E-state index in [1.165, 1.54) is 13.8 Å². The monoisotopic (exact) mass is 451 g/mol. The predicted octanol–water partition coefficient (Wildman–Crippen LogP) is 3.03. The highest BCUT2D eigenvalue weighted by Gasteiger charge is 2.14. The van der Waals surface area contributed by atoms with Crippen LogP contribution < -0.4 is 16.2 Å². The molecule has 3 aromatic rings. The normalized spacial score (nSPS) is 10.5. The second-order valence-corrected chi connectivity index (χ2v) is 7.97. The first-order valence-electron chi connectivity index (χ1n) is 9.62. The van der Waals surface area contributed by atoms with E-state index in [0.29, 0.717) is 22.5 Å². The van der Waals surface area contributed by atoms with Gasteiger partial charge < -0.3 is 10.6 Å². The fraction of sp³-hybridized carbons (Fsp3) is 0.182.